The van der Waals surface area contributed by atoms with Crippen LogP contribution in [-0.2, 0) is 6.54 Å². The fraction of sp³-hybridized carbons (Fsp3) is 0.263. The van der Waals surface area contributed by atoms with Gasteiger partial charge in [0, 0.05) is 31.2 Å². The maximum absolute atomic E-state index is 12.3. The molecule has 0 fully saturated rings. The Bertz CT molecular complexity index is 1080. The van der Waals surface area contributed by atoms with E-state index in [2.05, 4.69) is 15.0 Å². The van der Waals surface area contributed by atoms with Gasteiger partial charge in [0.1, 0.15) is 5.56 Å². The van der Waals surface area contributed by atoms with E-state index in [9.17, 15) is 14.7 Å². The molecule has 0 unspecified atom stereocenters. The zero-order valence-corrected chi connectivity index (χ0v) is 15.2. The van der Waals surface area contributed by atoms with E-state index in [-0.39, 0.29) is 5.56 Å². The van der Waals surface area contributed by atoms with Gasteiger partial charge in [0.2, 0.25) is 5.88 Å². The van der Waals surface area contributed by atoms with Gasteiger partial charge < -0.3 is 9.67 Å². The molecule has 2 heterocycles. The van der Waals surface area contributed by atoms with Crippen LogP contribution in [0, 0.1) is 6.92 Å². The Labute approximate surface area is 155 Å². The molecule has 0 aliphatic heterocycles. The second-order valence-corrected chi connectivity index (χ2v) is 6.20. The number of benzene rings is 1. The van der Waals surface area contributed by atoms with Crippen LogP contribution in [0.25, 0.3) is 5.69 Å². The number of rotatable bonds is 6. The average Bonchev–Trinajstić information content (AvgIpc) is 3.13. The van der Waals surface area contributed by atoms with Crippen molar-refractivity contribution in [2.45, 2.75) is 26.8 Å². The minimum absolute atomic E-state index is 0.000448. The summed E-state index contributed by atoms with van der Waals surface area (Å²) in [6, 6.07) is 7.12. The van der Waals surface area contributed by atoms with Crippen molar-refractivity contribution in [1.82, 2.24) is 19.1 Å². The highest BCUT2D eigenvalue weighted by molar-refractivity contribution is 6.00. The third-order valence-electron chi connectivity index (χ3n) is 4.29. The molecule has 140 valence electrons. The van der Waals surface area contributed by atoms with Crippen LogP contribution in [0.1, 0.15) is 24.5 Å². The van der Waals surface area contributed by atoms with Gasteiger partial charge in [-0.05, 0) is 31.9 Å². The van der Waals surface area contributed by atoms with E-state index in [0.717, 1.165) is 23.1 Å². The molecule has 0 radical (unpaired) electrons. The van der Waals surface area contributed by atoms with Crippen LogP contribution in [0.5, 0.6) is 5.88 Å². The van der Waals surface area contributed by atoms with Crippen molar-refractivity contribution < 1.29 is 5.11 Å². The Morgan fingerprint density at radius 1 is 1.30 bits per heavy atom. The molecule has 0 aliphatic carbocycles. The van der Waals surface area contributed by atoms with Crippen molar-refractivity contribution in [2.75, 3.05) is 6.54 Å². The zero-order valence-electron chi connectivity index (χ0n) is 15.2. The summed E-state index contributed by atoms with van der Waals surface area (Å²) in [5, 5.41) is 10.7. The highest BCUT2D eigenvalue weighted by Gasteiger charge is 2.18. The lowest BCUT2D eigenvalue weighted by atomic mass is 10.1. The third-order valence-corrected chi connectivity index (χ3v) is 4.29. The van der Waals surface area contributed by atoms with Gasteiger partial charge in [-0.1, -0.05) is 18.2 Å². The van der Waals surface area contributed by atoms with E-state index in [4.69, 9.17) is 0 Å². The van der Waals surface area contributed by atoms with Crippen LogP contribution in [0.15, 0.2) is 57.6 Å². The largest absolute Gasteiger partial charge is 0.493 e. The minimum Gasteiger partial charge on any atom is -0.493 e. The summed E-state index contributed by atoms with van der Waals surface area (Å²) >= 11 is 0. The number of nitrogens with one attached hydrogen (secondary N) is 1. The van der Waals surface area contributed by atoms with Crippen LogP contribution >= 0.6 is 0 Å². The Morgan fingerprint density at radius 3 is 2.78 bits per heavy atom. The summed E-state index contributed by atoms with van der Waals surface area (Å²) in [4.78, 5) is 35.2. The molecule has 0 aliphatic rings. The van der Waals surface area contributed by atoms with Crippen molar-refractivity contribution in [3.8, 4) is 11.6 Å². The first-order valence-electron chi connectivity index (χ1n) is 8.60. The normalized spacial score (nSPS) is 11.7. The molecule has 0 spiro atoms. The molecule has 2 aromatic heterocycles. The first-order chi connectivity index (χ1) is 13.0. The topological polar surface area (TPSA) is 105 Å². The number of nitrogens with zero attached hydrogens (tertiary/aromatic N) is 4. The molecule has 3 rings (SSSR count). The monoisotopic (exact) mass is 367 g/mol. The van der Waals surface area contributed by atoms with Crippen LogP contribution < -0.4 is 11.2 Å². The molecule has 2 N–H and O–H groups in total. The van der Waals surface area contributed by atoms with Crippen molar-refractivity contribution in [1.29, 1.82) is 0 Å². The minimum atomic E-state index is -0.691. The standard InChI is InChI=1S/C19H21N5O3/c1-13-6-3-4-7-15(13)24-18(26)16(17(25)22-19(24)27)14(2)21-8-5-10-23-11-9-20-12-23/h3-4,6-7,9,11-12,26H,5,8,10H2,1-2H3,(H,22,25,27). The molecule has 0 saturated carbocycles. The summed E-state index contributed by atoms with van der Waals surface area (Å²) in [5.41, 5.74) is 0.331. The lowest BCUT2D eigenvalue weighted by molar-refractivity contribution is 0.429. The van der Waals surface area contributed by atoms with Crippen molar-refractivity contribution in [3.05, 3.63) is 75.0 Å². The number of aryl methyl sites for hydroxylation is 2. The van der Waals surface area contributed by atoms with E-state index in [1.807, 2.05) is 29.8 Å². The Hall–Kier alpha value is -3.42. The molecule has 27 heavy (non-hydrogen) atoms. The first kappa shape index (κ1) is 18.4. The maximum atomic E-state index is 12.3. The number of hydrogen-bond donors (Lipinski definition) is 2. The van der Waals surface area contributed by atoms with Gasteiger partial charge in [0.05, 0.1) is 12.0 Å². The molecule has 0 amide bonds. The fourth-order valence-corrected chi connectivity index (χ4v) is 2.89. The third kappa shape index (κ3) is 3.89. The number of aliphatic imine (C=N–C) groups is 1. The molecule has 3 aromatic rings. The summed E-state index contributed by atoms with van der Waals surface area (Å²) in [5.74, 6) is -0.408. The van der Waals surface area contributed by atoms with Gasteiger partial charge >= 0.3 is 5.69 Å². The maximum Gasteiger partial charge on any atom is 0.335 e. The summed E-state index contributed by atoms with van der Waals surface area (Å²) in [7, 11) is 0. The number of hydrogen-bond acceptors (Lipinski definition) is 5. The number of para-hydroxylation sites is 1. The number of imidazole rings is 1. The molecule has 1 aromatic carbocycles. The van der Waals surface area contributed by atoms with Crippen LogP contribution in [0.2, 0.25) is 0 Å². The van der Waals surface area contributed by atoms with Gasteiger partial charge in [-0.15, -0.1) is 0 Å². The van der Waals surface area contributed by atoms with Crippen molar-refractivity contribution in [3.63, 3.8) is 0 Å². The fourth-order valence-electron chi connectivity index (χ4n) is 2.89. The summed E-state index contributed by atoms with van der Waals surface area (Å²) in [6.45, 7) is 4.70. The smallest absolute Gasteiger partial charge is 0.335 e. The highest BCUT2D eigenvalue weighted by atomic mass is 16.3. The van der Waals surface area contributed by atoms with Crippen molar-refractivity contribution >= 4 is 5.71 Å². The second kappa shape index (κ2) is 7.86. The van der Waals surface area contributed by atoms with Crippen LogP contribution in [-0.4, -0.2) is 36.5 Å². The lowest BCUT2D eigenvalue weighted by Gasteiger charge is -2.13. The van der Waals surface area contributed by atoms with E-state index < -0.39 is 17.1 Å². The molecule has 0 saturated heterocycles. The van der Waals surface area contributed by atoms with Gasteiger partial charge in [-0.25, -0.2) is 14.3 Å². The van der Waals surface area contributed by atoms with Crippen LogP contribution in [0.4, 0.5) is 0 Å². The average molecular weight is 367 g/mol. The SMILES string of the molecule is CC(=NCCCn1ccnc1)c1c(O)n(-c2ccccc2C)c(=O)[nH]c1=O. The molecule has 0 bridgehead atoms. The van der Waals surface area contributed by atoms with Gasteiger partial charge in [-0.3, -0.25) is 14.8 Å². The summed E-state index contributed by atoms with van der Waals surface area (Å²) < 4.78 is 3.03. The molecule has 8 heteroatoms. The summed E-state index contributed by atoms with van der Waals surface area (Å²) in [6.07, 6.45) is 6.06. The quantitative estimate of drug-likeness (QED) is 0.510. The van der Waals surface area contributed by atoms with E-state index in [0.29, 0.717) is 17.9 Å². The number of aromatic nitrogens is 4. The number of aromatic hydroxyl groups is 1. The number of H-pyrrole nitrogens is 1. The van der Waals surface area contributed by atoms with Crippen LogP contribution in [0.3, 0.4) is 0 Å². The second-order valence-electron chi connectivity index (χ2n) is 6.20. The van der Waals surface area contributed by atoms with E-state index >= 15 is 0 Å². The molecule has 8 nitrogen and oxygen atoms in total. The lowest BCUT2D eigenvalue weighted by Crippen LogP contribution is -2.33. The highest BCUT2D eigenvalue weighted by Crippen LogP contribution is 2.19. The zero-order chi connectivity index (χ0) is 19.4. The molecule has 0 atom stereocenters. The number of aromatic amines is 1. The predicted octanol–water partition coefficient (Wildman–Crippen LogP) is 1.64. The predicted molar refractivity (Wildman–Crippen MR) is 103 cm³/mol. The van der Waals surface area contributed by atoms with Crippen molar-refractivity contribution in [2.24, 2.45) is 4.99 Å². The van der Waals surface area contributed by atoms with E-state index in [1.165, 1.54) is 0 Å². The molecular weight excluding hydrogens is 346 g/mol. The first-order valence-corrected chi connectivity index (χ1v) is 8.60. The van der Waals surface area contributed by atoms with Gasteiger partial charge in [-0.2, -0.15) is 0 Å². The van der Waals surface area contributed by atoms with Gasteiger partial charge in [0.15, 0.2) is 0 Å². The Morgan fingerprint density at radius 2 is 2.07 bits per heavy atom. The van der Waals surface area contributed by atoms with E-state index in [1.54, 1.807) is 31.6 Å². The molecular formula is C19H21N5O3. The Balaban J connectivity index is 1.92. The Kier molecular flexibility index (Phi) is 5.35. The van der Waals surface area contributed by atoms with Gasteiger partial charge in [0.25, 0.3) is 5.56 Å².